The number of carboxylic acids is 1. The highest BCUT2D eigenvalue weighted by Crippen LogP contribution is 2.33. The summed E-state index contributed by atoms with van der Waals surface area (Å²) in [5.74, 6) is -2.74. The van der Waals surface area contributed by atoms with Gasteiger partial charge in [0, 0.05) is 18.3 Å². The highest BCUT2D eigenvalue weighted by atomic mass is 16.5. The van der Waals surface area contributed by atoms with Gasteiger partial charge in [0.15, 0.2) is 6.61 Å². The van der Waals surface area contributed by atoms with Crippen LogP contribution in [0.3, 0.4) is 0 Å². The molecule has 0 fully saturated rings. The molecule has 36 heavy (non-hydrogen) atoms. The summed E-state index contributed by atoms with van der Waals surface area (Å²) in [5.41, 5.74) is 10.2. The molecular formula is C28H29N3O5. The number of carbonyl (C=O) groups excluding carboxylic acids is 2. The number of carboxylic acid groups (broad SMARTS) is 1. The summed E-state index contributed by atoms with van der Waals surface area (Å²) in [7, 11) is 0. The van der Waals surface area contributed by atoms with E-state index in [-0.39, 0.29) is 17.0 Å². The lowest BCUT2D eigenvalue weighted by Gasteiger charge is -2.17. The first-order valence-corrected chi connectivity index (χ1v) is 11.9. The second-order valence-corrected chi connectivity index (χ2v) is 8.89. The molecular weight excluding hydrogens is 458 g/mol. The predicted molar refractivity (Wildman–Crippen MR) is 135 cm³/mol. The third-order valence-electron chi connectivity index (χ3n) is 6.38. The SMILES string of the molecule is CCc1c(C(=O)C(N)=O)c2c(OCC(=O)O)nc(C)cn2c1Cc1ccccc1CC1C=CC=CC1. The van der Waals surface area contributed by atoms with Gasteiger partial charge in [0.05, 0.1) is 11.3 Å². The summed E-state index contributed by atoms with van der Waals surface area (Å²) in [6, 6.07) is 8.20. The molecule has 2 heterocycles. The van der Waals surface area contributed by atoms with Crippen LogP contribution in [0.25, 0.3) is 5.52 Å². The van der Waals surface area contributed by atoms with Gasteiger partial charge in [-0.3, -0.25) is 9.59 Å². The first-order valence-electron chi connectivity index (χ1n) is 11.9. The van der Waals surface area contributed by atoms with Gasteiger partial charge >= 0.3 is 5.97 Å². The molecule has 1 atom stereocenters. The zero-order chi connectivity index (χ0) is 25.8. The van der Waals surface area contributed by atoms with E-state index in [9.17, 15) is 14.4 Å². The number of aromatic nitrogens is 2. The number of rotatable bonds is 10. The Morgan fingerprint density at radius 1 is 1.19 bits per heavy atom. The number of aryl methyl sites for hydroxylation is 1. The van der Waals surface area contributed by atoms with Crippen LogP contribution in [-0.2, 0) is 28.9 Å². The maximum Gasteiger partial charge on any atom is 0.341 e. The minimum atomic E-state index is -1.18. The Morgan fingerprint density at radius 3 is 2.58 bits per heavy atom. The van der Waals surface area contributed by atoms with Crippen LogP contribution in [0.5, 0.6) is 5.88 Å². The summed E-state index contributed by atoms with van der Waals surface area (Å²) >= 11 is 0. The normalized spacial score (nSPS) is 14.8. The average molecular weight is 488 g/mol. The van der Waals surface area contributed by atoms with Crippen molar-refractivity contribution in [3.05, 3.63) is 88.4 Å². The number of primary amides is 1. The summed E-state index contributed by atoms with van der Waals surface area (Å²) < 4.78 is 7.27. The van der Waals surface area contributed by atoms with E-state index in [4.69, 9.17) is 15.6 Å². The molecule has 0 aliphatic heterocycles. The molecule has 8 nitrogen and oxygen atoms in total. The number of amides is 1. The second-order valence-electron chi connectivity index (χ2n) is 8.89. The van der Waals surface area contributed by atoms with E-state index in [0.29, 0.717) is 30.0 Å². The fourth-order valence-corrected chi connectivity index (χ4v) is 4.82. The predicted octanol–water partition coefficient (Wildman–Crippen LogP) is 3.60. The van der Waals surface area contributed by atoms with Gasteiger partial charge in [0.25, 0.3) is 11.7 Å². The number of allylic oxidation sites excluding steroid dienone is 4. The van der Waals surface area contributed by atoms with Crippen LogP contribution in [0.4, 0.5) is 0 Å². The first-order chi connectivity index (χ1) is 17.3. The first kappa shape index (κ1) is 24.9. The Morgan fingerprint density at radius 2 is 1.94 bits per heavy atom. The quantitative estimate of drug-likeness (QED) is 0.333. The fourth-order valence-electron chi connectivity index (χ4n) is 4.82. The van der Waals surface area contributed by atoms with E-state index < -0.39 is 24.3 Å². The topological polar surface area (TPSA) is 124 Å². The lowest BCUT2D eigenvalue weighted by Crippen LogP contribution is -2.24. The maximum atomic E-state index is 13.0. The largest absolute Gasteiger partial charge is 0.479 e. The van der Waals surface area contributed by atoms with E-state index in [1.165, 1.54) is 5.56 Å². The van der Waals surface area contributed by atoms with Crippen molar-refractivity contribution in [2.45, 2.75) is 39.5 Å². The lowest BCUT2D eigenvalue weighted by atomic mass is 9.89. The molecule has 2 aromatic heterocycles. The number of hydrogen-bond donors (Lipinski definition) is 2. The van der Waals surface area contributed by atoms with E-state index in [1.807, 2.05) is 19.1 Å². The highest BCUT2D eigenvalue weighted by Gasteiger charge is 2.29. The maximum absolute atomic E-state index is 13.0. The van der Waals surface area contributed by atoms with Crippen molar-refractivity contribution in [1.29, 1.82) is 0 Å². The Labute approximate surface area is 209 Å². The minimum absolute atomic E-state index is 0.0182. The number of hydrogen-bond acceptors (Lipinski definition) is 5. The van der Waals surface area contributed by atoms with E-state index in [0.717, 1.165) is 24.1 Å². The lowest BCUT2D eigenvalue weighted by molar-refractivity contribution is -0.139. The molecule has 0 saturated heterocycles. The molecule has 0 radical (unpaired) electrons. The van der Waals surface area contributed by atoms with Crippen LogP contribution in [-0.4, -0.2) is 38.8 Å². The van der Waals surface area contributed by atoms with Crippen LogP contribution in [0.15, 0.2) is 54.8 Å². The standard InChI is InChI=1S/C28H29N3O5/c1-3-21-22(14-20-12-8-7-11-19(20)13-18-9-5-4-6-10-18)31-15-17(2)30-28(36-16-23(32)33)25(31)24(21)26(34)27(29)35/h4-9,11-12,15,18H,3,10,13-14,16H2,1-2H3,(H2,29,35)(H,32,33). The number of ether oxygens (including phenoxy) is 1. The molecule has 186 valence electrons. The van der Waals surface area contributed by atoms with Crippen molar-refractivity contribution in [2.24, 2.45) is 11.7 Å². The number of aliphatic carboxylic acids is 1. The number of carbonyl (C=O) groups is 3. The molecule has 1 unspecified atom stereocenters. The van der Waals surface area contributed by atoms with Crippen LogP contribution in [0.1, 0.15) is 51.8 Å². The molecule has 0 spiro atoms. The van der Waals surface area contributed by atoms with Crippen molar-refractivity contribution >= 4 is 23.2 Å². The molecule has 1 aliphatic carbocycles. The van der Waals surface area contributed by atoms with Gasteiger partial charge in [-0.05, 0) is 48.8 Å². The summed E-state index contributed by atoms with van der Waals surface area (Å²) in [5, 5.41) is 9.14. The number of nitrogens with zero attached hydrogens (tertiary/aromatic N) is 2. The average Bonchev–Trinajstić information content (AvgIpc) is 3.16. The minimum Gasteiger partial charge on any atom is -0.479 e. The molecule has 4 rings (SSSR count). The molecule has 1 amide bonds. The Kier molecular flexibility index (Phi) is 7.33. The zero-order valence-electron chi connectivity index (χ0n) is 20.4. The highest BCUT2D eigenvalue weighted by molar-refractivity contribution is 6.44. The van der Waals surface area contributed by atoms with E-state index in [2.05, 4.69) is 41.4 Å². The van der Waals surface area contributed by atoms with Crippen LogP contribution >= 0.6 is 0 Å². The van der Waals surface area contributed by atoms with Crippen LogP contribution in [0, 0.1) is 12.8 Å². The van der Waals surface area contributed by atoms with Crippen molar-refractivity contribution in [2.75, 3.05) is 6.61 Å². The molecule has 8 heteroatoms. The molecule has 1 aliphatic rings. The summed E-state index contributed by atoms with van der Waals surface area (Å²) in [6.07, 6.45) is 13.1. The number of ketones is 1. The van der Waals surface area contributed by atoms with Crippen molar-refractivity contribution in [1.82, 2.24) is 9.38 Å². The summed E-state index contributed by atoms with van der Waals surface area (Å²) in [6.45, 7) is 3.03. The number of benzene rings is 1. The van der Waals surface area contributed by atoms with Crippen molar-refractivity contribution in [3.8, 4) is 5.88 Å². The molecule has 3 N–H and O–H groups in total. The molecule has 0 bridgehead atoms. The van der Waals surface area contributed by atoms with Crippen molar-refractivity contribution < 1.29 is 24.2 Å². The van der Waals surface area contributed by atoms with Gasteiger partial charge in [-0.1, -0.05) is 55.5 Å². The van der Waals surface area contributed by atoms with Gasteiger partial charge in [-0.2, -0.15) is 0 Å². The van der Waals surface area contributed by atoms with Gasteiger partial charge in [0.2, 0.25) is 5.88 Å². The zero-order valence-corrected chi connectivity index (χ0v) is 20.4. The molecule has 3 aromatic rings. The summed E-state index contributed by atoms with van der Waals surface area (Å²) in [4.78, 5) is 40.5. The van der Waals surface area contributed by atoms with Gasteiger partial charge in [-0.15, -0.1) is 0 Å². The Balaban J connectivity index is 1.88. The Hall–Kier alpha value is -4.20. The van der Waals surface area contributed by atoms with Gasteiger partial charge < -0.3 is 20.0 Å². The molecule has 1 aromatic carbocycles. The third-order valence-corrected chi connectivity index (χ3v) is 6.38. The number of nitrogens with two attached hydrogens (primary N) is 1. The monoisotopic (exact) mass is 487 g/mol. The number of fused-ring (bicyclic) bond motifs is 1. The van der Waals surface area contributed by atoms with Gasteiger partial charge in [-0.25, -0.2) is 9.78 Å². The smallest absolute Gasteiger partial charge is 0.341 e. The van der Waals surface area contributed by atoms with Gasteiger partial charge in [0.1, 0.15) is 5.52 Å². The second kappa shape index (κ2) is 10.6. The van der Waals surface area contributed by atoms with Crippen molar-refractivity contribution in [3.63, 3.8) is 0 Å². The van der Waals surface area contributed by atoms with Crippen LogP contribution < -0.4 is 10.5 Å². The fraction of sp³-hybridized carbons (Fsp3) is 0.286. The van der Waals surface area contributed by atoms with E-state index >= 15 is 0 Å². The van der Waals surface area contributed by atoms with E-state index in [1.54, 1.807) is 17.5 Å². The van der Waals surface area contributed by atoms with Crippen LogP contribution in [0.2, 0.25) is 0 Å². The molecule has 0 saturated carbocycles. The third kappa shape index (κ3) is 5.07. The Bertz CT molecular complexity index is 1400. The number of Topliss-reactive ketones (excluding diaryl/α,β-unsaturated/α-hetero) is 1.